The lowest BCUT2D eigenvalue weighted by Gasteiger charge is -2.09. The second-order valence-corrected chi connectivity index (χ2v) is 5.02. The molecule has 8 heteroatoms. The number of benzene rings is 2. The third-order valence-corrected chi connectivity index (χ3v) is 3.22. The zero-order chi connectivity index (χ0) is 17.9. The highest BCUT2D eigenvalue weighted by molar-refractivity contribution is 6.03. The van der Waals surface area contributed by atoms with Gasteiger partial charge in [-0.2, -0.15) is 13.2 Å². The van der Waals surface area contributed by atoms with Gasteiger partial charge in [0, 0.05) is 5.69 Å². The summed E-state index contributed by atoms with van der Waals surface area (Å²) in [7, 11) is 0. The molecule has 0 saturated heterocycles. The number of halogens is 3. The number of carbonyl (C=O) groups excluding carboxylic acids is 1. The van der Waals surface area contributed by atoms with Gasteiger partial charge in [-0.05, 0) is 48.5 Å². The van der Waals surface area contributed by atoms with E-state index < -0.39 is 11.7 Å². The Morgan fingerprint density at radius 1 is 1.00 bits per heavy atom. The highest BCUT2D eigenvalue weighted by Crippen LogP contribution is 2.31. The summed E-state index contributed by atoms with van der Waals surface area (Å²) in [6.07, 6.45) is -1.88. The maximum absolute atomic E-state index is 12.5. The monoisotopic (exact) mass is 348 g/mol. The molecule has 0 bridgehead atoms. The topological polar surface area (TPSA) is 64.4 Å². The van der Waals surface area contributed by atoms with Crippen LogP contribution in [0.5, 0.6) is 11.5 Å². The number of carbonyl (C=O) groups is 1. The number of alkyl halides is 3. The number of ether oxygens (including phenoxy) is 1. The Morgan fingerprint density at radius 2 is 1.60 bits per heavy atom. The zero-order valence-corrected chi connectivity index (χ0v) is 12.6. The molecule has 0 radical (unpaired) electrons. The zero-order valence-electron chi connectivity index (χ0n) is 12.6. The number of nitrogens with one attached hydrogen (secondary N) is 1. The second-order valence-electron chi connectivity index (χ2n) is 5.02. The van der Waals surface area contributed by atoms with E-state index in [2.05, 4.69) is 15.0 Å². The van der Waals surface area contributed by atoms with E-state index in [1.807, 2.05) is 0 Å². The van der Waals surface area contributed by atoms with Crippen molar-refractivity contribution in [2.24, 2.45) is 0 Å². The third-order valence-electron chi connectivity index (χ3n) is 3.22. The molecule has 1 aromatic heterocycles. The number of anilines is 1. The average molecular weight is 348 g/mol. The molecule has 3 aromatic rings. The van der Waals surface area contributed by atoms with Crippen LogP contribution < -0.4 is 10.1 Å². The lowest BCUT2D eigenvalue weighted by Crippen LogP contribution is -2.10. The van der Waals surface area contributed by atoms with Crippen LogP contribution in [0.25, 0.3) is 0 Å². The van der Waals surface area contributed by atoms with Gasteiger partial charge in [-0.25, -0.2) is 0 Å². The normalized spacial score (nSPS) is 11.2. The van der Waals surface area contributed by atoms with Crippen LogP contribution in [0, 0.1) is 0 Å². The Kier molecular flexibility index (Phi) is 4.42. The van der Waals surface area contributed by atoms with E-state index in [9.17, 15) is 18.0 Å². The van der Waals surface area contributed by atoms with Gasteiger partial charge < -0.3 is 14.6 Å². The Morgan fingerprint density at radius 3 is 2.12 bits per heavy atom. The van der Waals surface area contributed by atoms with Gasteiger partial charge in [-0.1, -0.05) is 5.16 Å². The second kappa shape index (κ2) is 6.68. The summed E-state index contributed by atoms with van der Waals surface area (Å²) in [6.45, 7) is 0. The van der Waals surface area contributed by atoms with Crippen LogP contribution in [0.4, 0.5) is 18.9 Å². The lowest BCUT2D eigenvalue weighted by molar-refractivity contribution is -0.137. The van der Waals surface area contributed by atoms with E-state index in [1.54, 1.807) is 24.3 Å². The molecular weight excluding hydrogens is 337 g/mol. The Bertz CT molecular complexity index is 842. The molecule has 0 aliphatic carbocycles. The van der Waals surface area contributed by atoms with Crippen LogP contribution in [-0.4, -0.2) is 11.1 Å². The van der Waals surface area contributed by atoms with Gasteiger partial charge in [0.15, 0.2) is 0 Å². The van der Waals surface area contributed by atoms with Crippen molar-refractivity contribution in [3.63, 3.8) is 0 Å². The summed E-state index contributed by atoms with van der Waals surface area (Å²) in [5.41, 5.74) is 0.0581. The molecule has 0 unspecified atom stereocenters. The predicted molar refractivity (Wildman–Crippen MR) is 82.4 cm³/mol. The highest BCUT2D eigenvalue weighted by Gasteiger charge is 2.30. The molecule has 0 spiro atoms. The molecule has 5 nitrogen and oxygen atoms in total. The molecule has 128 valence electrons. The van der Waals surface area contributed by atoms with Crippen molar-refractivity contribution in [2.45, 2.75) is 6.18 Å². The standard InChI is InChI=1S/C17H11F3N2O3/c18-17(19,20)12-1-5-14(6-2-12)25-15-7-3-13(4-8-15)22-16(23)11-9-21-24-10-11/h1-10H,(H,22,23). The van der Waals surface area contributed by atoms with Crippen molar-refractivity contribution in [3.8, 4) is 11.5 Å². The first kappa shape index (κ1) is 16.6. The minimum absolute atomic E-state index is 0.272. The molecule has 0 saturated carbocycles. The van der Waals surface area contributed by atoms with E-state index in [0.717, 1.165) is 12.1 Å². The number of amides is 1. The minimum atomic E-state index is -4.39. The summed E-state index contributed by atoms with van der Waals surface area (Å²) in [5.74, 6) is 0.314. The van der Waals surface area contributed by atoms with Crippen LogP contribution in [0.15, 0.2) is 65.5 Å². The summed E-state index contributed by atoms with van der Waals surface area (Å²) in [5, 5.41) is 6.08. The third kappa shape index (κ3) is 4.17. The van der Waals surface area contributed by atoms with Gasteiger partial charge in [0.25, 0.3) is 5.91 Å². The van der Waals surface area contributed by atoms with Gasteiger partial charge >= 0.3 is 6.18 Å². The van der Waals surface area contributed by atoms with Crippen LogP contribution in [0.2, 0.25) is 0 Å². The number of hydrogen-bond donors (Lipinski definition) is 1. The van der Waals surface area contributed by atoms with E-state index in [-0.39, 0.29) is 17.2 Å². The van der Waals surface area contributed by atoms with Gasteiger partial charge in [-0.15, -0.1) is 0 Å². The fourth-order valence-corrected chi connectivity index (χ4v) is 1.97. The maximum atomic E-state index is 12.5. The van der Waals surface area contributed by atoms with Crippen LogP contribution >= 0.6 is 0 Å². The van der Waals surface area contributed by atoms with Crippen LogP contribution in [0.1, 0.15) is 15.9 Å². The lowest BCUT2D eigenvalue weighted by atomic mass is 10.2. The summed E-state index contributed by atoms with van der Waals surface area (Å²) >= 11 is 0. The van der Waals surface area contributed by atoms with Gasteiger partial charge in [0.05, 0.1) is 17.3 Å². The number of rotatable bonds is 4. The SMILES string of the molecule is O=C(Nc1ccc(Oc2ccc(C(F)(F)F)cc2)cc1)c1cnoc1. The molecule has 0 aliphatic heterocycles. The summed E-state index contributed by atoms with van der Waals surface area (Å²) < 4.78 is 47.6. The van der Waals surface area contributed by atoms with Crippen molar-refractivity contribution < 1.29 is 27.2 Å². The molecule has 0 fully saturated rings. The first-order valence-electron chi connectivity index (χ1n) is 7.08. The molecule has 1 heterocycles. The Balaban J connectivity index is 1.63. The fraction of sp³-hybridized carbons (Fsp3) is 0.0588. The molecule has 3 rings (SSSR count). The van der Waals surface area contributed by atoms with E-state index >= 15 is 0 Å². The maximum Gasteiger partial charge on any atom is 0.416 e. The molecule has 0 atom stereocenters. The van der Waals surface area contributed by atoms with Crippen molar-refractivity contribution in [1.82, 2.24) is 5.16 Å². The molecule has 1 amide bonds. The molecule has 0 aliphatic rings. The Labute approximate surface area is 140 Å². The molecule has 25 heavy (non-hydrogen) atoms. The van der Waals surface area contributed by atoms with Crippen LogP contribution in [-0.2, 0) is 6.18 Å². The summed E-state index contributed by atoms with van der Waals surface area (Å²) in [4.78, 5) is 11.8. The van der Waals surface area contributed by atoms with Crippen molar-refractivity contribution >= 4 is 11.6 Å². The largest absolute Gasteiger partial charge is 0.457 e. The van der Waals surface area contributed by atoms with E-state index in [4.69, 9.17) is 4.74 Å². The molecular formula is C17H11F3N2O3. The minimum Gasteiger partial charge on any atom is -0.457 e. The highest BCUT2D eigenvalue weighted by atomic mass is 19.4. The van der Waals surface area contributed by atoms with Crippen LogP contribution in [0.3, 0.4) is 0 Å². The first-order valence-corrected chi connectivity index (χ1v) is 7.08. The Hall–Kier alpha value is -3.29. The van der Waals surface area contributed by atoms with Crippen molar-refractivity contribution in [2.75, 3.05) is 5.32 Å². The predicted octanol–water partition coefficient (Wildman–Crippen LogP) is 4.74. The quantitative estimate of drug-likeness (QED) is 0.740. The van der Waals surface area contributed by atoms with E-state index in [0.29, 0.717) is 11.4 Å². The average Bonchev–Trinajstić information content (AvgIpc) is 3.11. The number of aromatic nitrogens is 1. The van der Waals surface area contributed by atoms with Crippen molar-refractivity contribution in [1.29, 1.82) is 0 Å². The van der Waals surface area contributed by atoms with Gasteiger partial charge in [0.2, 0.25) is 0 Å². The smallest absolute Gasteiger partial charge is 0.416 e. The number of nitrogens with zero attached hydrogens (tertiary/aromatic N) is 1. The molecule has 1 N–H and O–H groups in total. The molecule has 2 aromatic carbocycles. The van der Waals surface area contributed by atoms with Gasteiger partial charge in [0.1, 0.15) is 17.8 Å². The fourth-order valence-electron chi connectivity index (χ4n) is 1.97. The van der Waals surface area contributed by atoms with Crippen molar-refractivity contribution in [3.05, 3.63) is 72.1 Å². The first-order chi connectivity index (χ1) is 11.9. The summed E-state index contributed by atoms with van der Waals surface area (Å²) in [6, 6.07) is 10.7. The van der Waals surface area contributed by atoms with Gasteiger partial charge in [-0.3, -0.25) is 4.79 Å². The van der Waals surface area contributed by atoms with E-state index in [1.165, 1.54) is 24.6 Å². The number of hydrogen-bond acceptors (Lipinski definition) is 4.